The topological polar surface area (TPSA) is 61.8 Å². The van der Waals surface area contributed by atoms with E-state index in [1.807, 2.05) is 0 Å². The van der Waals surface area contributed by atoms with Gasteiger partial charge in [0.2, 0.25) is 0 Å². The second-order valence-electron chi connectivity index (χ2n) is 10.7. The Kier molecular flexibility index (Phi) is 7.76. The maximum Gasteiger partial charge on any atom is 0.509 e. The Bertz CT molecular complexity index is 799. The van der Waals surface area contributed by atoms with Crippen molar-refractivity contribution in [1.82, 2.24) is 0 Å². The number of halogens is 5. The van der Waals surface area contributed by atoms with Gasteiger partial charge < -0.3 is 14.2 Å². The van der Waals surface area contributed by atoms with E-state index in [-0.39, 0.29) is 44.1 Å². The second kappa shape index (κ2) is 9.30. The first-order valence-electron chi connectivity index (χ1n) is 11.6. The molecule has 0 aromatic rings. The zero-order valence-corrected chi connectivity index (χ0v) is 20.6. The molecule has 34 heavy (non-hydrogen) atoms. The summed E-state index contributed by atoms with van der Waals surface area (Å²) in [5.74, 6) is -8.14. The zero-order valence-electron chi connectivity index (χ0n) is 20.6. The van der Waals surface area contributed by atoms with Crippen molar-refractivity contribution in [2.45, 2.75) is 109 Å². The minimum absolute atomic E-state index is 0.0417. The van der Waals surface area contributed by atoms with Crippen molar-refractivity contribution in [3.8, 4) is 0 Å². The molecule has 0 heterocycles. The molecule has 0 radical (unpaired) electrons. The van der Waals surface area contributed by atoms with Crippen LogP contribution in [0, 0.1) is 17.8 Å². The maximum atomic E-state index is 16.6. The van der Waals surface area contributed by atoms with E-state index < -0.39 is 52.9 Å². The molecule has 0 N–H and O–H groups in total. The van der Waals surface area contributed by atoms with Gasteiger partial charge in [-0.05, 0) is 66.2 Å². The Morgan fingerprint density at radius 1 is 1.00 bits per heavy atom. The lowest BCUT2D eigenvalue weighted by Crippen LogP contribution is -2.75. The van der Waals surface area contributed by atoms with Crippen molar-refractivity contribution >= 4 is 12.1 Å². The highest BCUT2D eigenvalue weighted by molar-refractivity contribution is 5.87. The predicted molar refractivity (Wildman–Crippen MR) is 114 cm³/mol. The fourth-order valence-corrected chi connectivity index (χ4v) is 5.37. The number of hydrogen-bond donors (Lipinski definition) is 0. The average molecular weight is 499 g/mol. The number of fused-ring (bicyclic) bond motifs is 2. The van der Waals surface area contributed by atoms with Crippen molar-refractivity contribution in [1.29, 1.82) is 0 Å². The summed E-state index contributed by atoms with van der Waals surface area (Å²) >= 11 is 0. The van der Waals surface area contributed by atoms with Crippen LogP contribution in [0.3, 0.4) is 0 Å². The van der Waals surface area contributed by atoms with Crippen LogP contribution in [0.5, 0.6) is 0 Å². The van der Waals surface area contributed by atoms with Crippen LogP contribution in [0.2, 0.25) is 0 Å². The van der Waals surface area contributed by atoms with Gasteiger partial charge in [0, 0.05) is 17.4 Å². The molecule has 5 unspecified atom stereocenters. The normalized spacial score (nSPS) is 29.6. The summed E-state index contributed by atoms with van der Waals surface area (Å²) < 4.78 is 91.0. The van der Waals surface area contributed by atoms with Crippen LogP contribution in [-0.2, 0) is 19.0 Å². The van der Waals surface area contributed by atoms with E-state index in [2.05, 4.69) is 11.3 Å². The van der Waals surface area contributed by atoms with Gasteiger partial charge in [0.1, 0.15) is 5.60 Å². The molecular weight excluding hydrogens is 463 g/mol. The summed E-state index contributed by atoms with van der Waals surface area (Å²) in [5, 5.41) is 0. The minimum Gasteiger partial charge on any atom is -0.449 e. The van der Waals surface area contributed by atoms with Crippen molar-refractivity contribution in [3.05, 3.63) is 12.2 Å². The van der Waals surface area contributed by atoms with Crippen LogP contribution >= 0.6 is 0 Å². The van der Waals surface area contributed by atoms with Gasteiger partial charge >= 0.3 is 24.2 Å². The first kappa shape index (κ1) is 28.4. The average Bonchev–Trinajstić information content (AvgIpc) is 2.67. The van der Waals surface area contributed by atoms with Crippen LogP contribution in [0.1, 0.15) is 80.1 Å². The first-order valence-corrected chi connectivity index (χ1v) is 11.6. The molecule has 0 aliphatic heterocycles. The van der Waals surface area contributed by atoms with Crippen molar-refractivity contribution in [2.75, 3.05) is 0 Å². The van der Waals surface area contributed by atoms with E-state index in [9.17, 15) is 22.8 Å². The third-order valence-corrected chi connectivity index (χ3v) is 7.02. The third kappa shape index (κ3) is 4.91. The summed E-state index contributed by atoms with van der Waals surface area (Å²) in [5.41, 5.74) is -8.67. The Morgan fingerprint density at radius 2 is 1.59 bits per heavy atom. The fraction of sp³-hybridized carbons (Fsp3) is 0.833. The van der Waals surface area contributed by atoms with Gasteiger partial charge in [0.15, 0.2) is 5.60 Å². The number of ether oxygens (including phenoxy) is 3. The van der Waals surface area contributed by atoms with E-state index in [0.717, 1.165) is 6.42 Å². The minimum atomic E-state index is -5.71. The second-order valence-corrected chi connectivity index (χ2v) is 10.7. The Morgan fingerprint density at radius 3 is 2.06 bits per heavy atom. The van der Waals surface area contributed by atoms with Crippen molar-refractivity contribution in [2.24, 2.45) is 17.8 Å². The molecule has 0 saturated heterocycles. The molecule has 0 spiro atoms. The monoisotopic (exact) mass is 498 g/mol. The largest absolute Gasteiger partial charge is 0.509 e. The van der Waals surface area contributed by atoms with Crippen molar-refractivity contribution in [3.63, 3.8) is 0 Å². The van der Waals surface area contributed by atoms with Gasteiger partial charge in [-0.15, -0.1) is 0 Å². The quantitative estimate of drug-likeness (QED) is 0.224. The molecule has 5 atom stereocenters. The number of alkyl halides is 5. The Balaban J connectivity index is 2.73. The van der Waals surface area contributed by atoms with Crippen LogP contribution in [0.25, 0.3) is 0 Å². The molecule has 2 aliphatic rings. The first-order chi connectivity index (χ1) is 15.3. The molecule has 5 nitrogen and oxygen atoms in total. The molecule has 0 aromatic carbocycles. The van der Waals surface area contributed by atoms with Gasteiger partial charge in [0.25, 0.3) is 5.60 Å². The summed E-state index contributed by atoms with van der Waals surface area (Å²) in [6, 6.07) is 0. The molecule has 0 amide bonds. The fourth-order valence-electron chi connectivity index (χ4n) is 5.37. The van der Waals surface area contributed by atoms with Crippen molar-refractivity contribution < 1.29 is 45.8 Å². The van der Waals surface area contributed by atoms with Crippen LogP contribution in [0.4, 0.5) is 26.7 Å². The number of hydrogen-bond acceptors (Lipinski definition) is 5. The summed E-state index contributed by atoms with van der Waals surface area (Å²) in [6.45, 7) is 10.4. The molecule has 2 bridgehead atoms. The highest BCUT2D eigenvalue weighted by atomic mass is 19.4. The van der Waals surface area contributed by atoms with Gasteiger partial charge in [-0.3, -0.25) is 0 Å². The number of rotatable bonds is 6. The van der Waals surface area contributed by atoms with E-state index in [1.165, 1.54) is 27.7 Å². The molecular formula is C24H35F5O5. The smallest absolute Gasteiger partial charge is 0.449 e. The molecule has 2 aliphatic carbocycles. The summed E-state index contributed by atoms with van der Waals surface area (Å²) in [4.78, 5) is 24.9. The lowest BCUT2D eigenvalue weighted by Gasteiger charge is -2.58. The van der Waals surface area contributed by atoms with E-state index >= 15 is 8.78 Å². The van der Waals surface area contributed by atoms with E-state index in [0.29, 0.717) is 6.42 Å². The highest BCUT2D eigenvalue weighted by Crippen LogP contribution is 2.62. The summed E-state index contributed by atoms with van der Waals surface area (Å²) in [7, 11) is 0. The van der Waals surface area contributed by atoms with Crippen LogP contribution in [0.15, 0.2) is 12.2 Å². The Hall–Kier alpha value is -1.87. The van der Waals surface area contributed by atoms with Gasteiger partial charge in [-0.2, -0.15) is 22.0 Å². The molecule has 2 rings (SSSR count). The SMILES string of the molecule is C=C(C)C(=O)OC1(C(F)(F)C(C)(OC(=O)OC(C)(C)C)C(F)(F)F)C(CC)CC2CCCC1C2. The maximum absolute atomic E-state index is 16.6. The standard InChI is InChI=1S/C24H35F5O5/c1-8-16-12-15-10-9-11-17(13-15)22(16,32-18(30)14(2)3)23(25,26)21(7,24(27,28)29)34-19(31)33-20(4,5)6/h15-17H,2,8-13H2,1,3-7H3. The summed E-state index contributed by atoms with van der Waals surface area (Å²) in [6.07, 6.45) is -5.74. The lowest BCUT2D eigenvalue weighted by atomic mass is 9.54. The lowest BCUT2D eigenvalue weighted by molar-refractivity contribution is -0.383. The molecule has 0 aromatic heterocycles. The molecule has 196 valence electrons. The van der Waals surface area contributed by atoms with Gasteiger partial charge in [0.05, 0.1) is 0 Å². The Labute approximate surface area is 197 Å². The third-order valence-electron chi connectivity index (χ3n) is 7.02. The number of esters is 1. The number of carbonyl (C=O) groups excluding carboxylic acids is 2. The van der Waals surface area contributed by atoms with Crippen LogP contribution < -0.4 is 0 Å². The number of carbonyl (C=O) groups is 2. The van der Waals surface area contributed by atoms with E-state index in [1.54, 1.807) is 6.92 Å². The molecule has 10 heteroatoms. The van der Waals surface area contributed by atoms with Gasteiger partial charge in [-0.1, -0.05) is 26.3 Å². The van der Waals surface area contributed by atoms with Crippen LogP contribution in [-0.4, -0.2) is 41.0 Å². The van der Waals surface area contributed by atoms with Gasteiger partial charge in [-0.25, -0.2) is 9.59 Å². The predicted octanol–water partition coefficient (Wildman–Crippen LogP) is 6.99. The molecule has 2 fully saturated rings. The highest BCUT2D eigenvalue weighted by Gasteiger charge is 2.81. The van der Waals surface area contributed by atoms with E-state index in [4.69, 9.17) is 9.47 Å². The molecule has 2 saturated carbocycles. The zero-order chi connectivity index (χ0) is 26.3.